The predicted octanol–water partition coefficient (Wildman–Crippen LogP) is 5.54. The molecule has 0 radical (unpaired) electrons. The van der Waals surface area contributed by atoms with Crippen LogP contribution in [0.2, 0.25) is 0 Å². The Morgan fingerprint density at radius 2 is 1.84 bits per heavy atom. The topological polar surface area (TPSA) is 124 Å². The normalized spacial score (nSPS) is 15.1. The molecular weight excluding hydrogens is 554 g/mol. The molecule has 1 aliphatic rings. The quantitative estimate of drug-likeness (QED) is 0.243. The minimum atomic E-state index is -2.80. The highest BCUT2D eigenvalue weighted by molar-refractivity contribution is 6.08. The number of rotatable bonds is 7. The summed E-state index contributed by atoms with van der Waals surface area (Å²) in [5, 5.41) is 12.2. The average Bonchev–Trinajstić information content (AvgIpc) is 3.69. The van der Waals surface area contributed by atoms with Gasteiger partial charge in [0.2, 0.25) is 5.91 Å². The Balaban J connectivity index is 1.46. The van der Waals surface area contributed by atoms with Crippen molar-refractivity contribution in [2.24, 2.45) is 0 Å². The zero-order valence-electron chi connectivity index (χ0n) is 23.0. The van der Waals surface area contributed by atoms with Crippen LogP contribution < -0.4 is 11.1 Å². The third-order valence-electron chi connectivity index (χ3n) is 7.55. The van der Waals surface area contributed by atoms with E-state index >= 15 is 0 Å². The molecule has 1 saturated heterocycles. The Bertz CT molecular complexity index is 1820. The van der Waals surface area contributed by atoms with Crippen LogP contribution in [0.1, 0.15) is 35.8 Å². The fourth-order valence-electron chi connectivity index (χ4n) is 5.44. The van der Waals surface area contributed by atoms with E-state index in [9.17, 15) is 18.4 Å². The number of nitrogen functional groups attached to an aromatic ring is 1. The average molecular weight is 583 g/mol. The molecule has 2 aromatic carbocycles. The lowest BCUT2D eigenvalue weighted by Crippen LogP contribution is -2.40. The highest BCUT2D eigenvalue weighted by atomic mass is 19.3. The van der Waals surface area contributed by atoms with E-state index in [-0.39, 0.29) is 23.7 Å². The van der Waals surface area contributed by atoms with Gasteiger partial charge in [-0.2, -0.15) is 19.0 Å². The molecule has 0 saturated carbocycles. The summed E-state index contributed by atoms with van der Waals surface area (Å²) in [6.07, 6.45) is 6.89. The van der Waals surface area contributed by atoms with Crippen LogP contribution in [-0.4, -0.2) is 54.3 Å². The van der Waals surface area contributed by atoms with Gasteiger partial charge >= 0.3 is 6.55 Å². The molecule has 0 spiro atoms. The number of nitrogens with one attached hydrogen (secondary N) is 1. The number of amides is 2. The minimum Gasteiger partial charge on any atom is -0.383 e. The monoisotopic (exact) mass is 582 g/mol. The van der Waals surface area contributed by atoms with Crippen molar-refractivity contribution in [2.45, 2.75) is 25.4 Å². The van der Waals surface area contributed by atoms with Crippen molar-refractivity contribution in [3.8, 4) is 22.4 Å². The smallest absolute Gasteiger partial charge is 0.333 e. The number of alkyl halides is 2. The molecule has 12 heteroatoms. The standard InChI is InChI=1S/C31H28F2N8O2/c1-2-25(42)39-14-6-9-23(18-39)41-28-24(21-15-36-40(17-21)31(32)33)16-35-29(34)26(28)27(38-41)19-10-12-20(13-11-19)30(43)37-22-7-4-3-5-8-22/h2-5,7-8,10-13,15-17,23,31H,1,6,9,14,18H2,(H2,34,35)(H,37,43)/t23-/m1/s1. The van der Waals surface area contributed by atoms with Gasteiger partial charge in [0.05, 0.1) is 23.1 Å². The SMILES string of the molecule is C=CC(=O)N1CCC[C@@H](n2nc(-c3ccc(C(=O)Nc4ccccc4)cc3)c3c(N)ncc(-c4cnn(C(F)F)c4)c32)C1. The summed E-state index contributed by atoms with van der Waals surface area (Å²) in [7, 11) is 0. The summed E-state index contributed by atoms with van der Waals surface area (Å²) >= 11 is 0. The first kappa shape index (κ1) is 27.8. The number of carbonyl (C=O) groups excluding carboxylic acids is 2. The predicted molar refractivity (Wildman–Crippen MR) is 159 cm³/mol. The molecule has 2 amide bonds. The molecule has 218 valence electrons. The molecule has 1 fully saturated rings. The minimum absolute atomic E-state index is 0.176. The van der Waals surface area contributed by atoms with Gasteiger partial charge in [-0.25, -0.2) is 9.67 Å². The number of pyridine rings is 1. The molecule has 0 bridgehead atoms. The molecule has 3 N–H and O–H groups in total. The fourth-order valence-corrected chi connectivity index (χ4v) is 5.44. The third-order valence-corrected chi connectivity index (χ3v) is 7.55. The number of fused-ring (bicyclic) bond motifs is 1. The molecule has 0 unspecified atom stereocenters. The molecular formula is C31H28F2N8O2. The molecule has 10 nitrogen and oxygen atoms in total. The number of likely N-dealkylation sites (tertiary alicyclic amines) is 1. The van der Waals surface area contributed by atoms with Gasteiger partial charge in [0.15, 0.2) is 0 Å². The molecule has 6 rings (SSSR count). The lowest BCUT2D eigenvalue weighted by molar-refractivity contribution is -0.127. The van der Waals surface area contributed by atoms with E-state index in [1.54, 1.807) is 41.3 Å². The van der Waals surface area contributed by atoms with Gasteiger partial charge in [0.25, 0.3) is 5.91 Å². The summed E-state index contributed by atoms with van der Waals surface area (Å²) in [6, 6.07) is 15.9. The number of nitrogens with zero attached hydrogens (tertiary/aromatic N) is 6. The zero-order chi connectivity index (χ0) is 30.1. The summed E-state index contributed by atoms with van der Waals surface area (Å²) in [4.78, 5) is 31.4. The van der Waals surface area contributed by atoms with Crippen LogP contribution in [0.25, 0.3) is 33.3 Å². The molecule has 1 aliphatic heterocycles. The number of para-hydroxylation sites is 1. The van der Waals surface area contributed by atoms with Crippen LogP contribution in [0.5, 0.6) is 0 Å². The molecule has 43 heavy (non-hydrogen) atoms. The van der Waals surface area contributed by atoms with Crippen LogP contribution in [0.4, 0.5) is 20.3 Å². The maximum Gasteiger partial charge on any atom is 0.333 e. The molecule has 5 aromatic rings. The Kier molecular flexibility index (Phi) is 7.41. The van der Waals surface area contributed by atoms with E-state index in [1.165, 1.54) is 24.7 Å². The molecule has 4 heterocycles. The Hall–Kier alpha value is -5.39. The third kappa shape index (κ3) is 5.34. The van der Waals surface area contributed by atoms with Crippen molar-refractivity contribution < 1.29 is 18.4 Å². The Labute approximate surface area is 245 Å². The maximum absolute atomic E-state index is 13.4. The van der Waals surface area contributed by atoms with E-state index in [2.05, 4.69) is 22.0 Å². The lowest BCUT2D eigenvalue weighted by atomic mass is 10.0. The first-order chi connectivity index (χ1) is 20.8. The summed E-state index contributed by atoms with van der Waals surface area (Å²) in [5.74, 6) is -0.228. The number of aromatic nitrogens is 5. The molecule has 3 aromatic heterocycles. The lowest BCUT2D eigenvalue weighted by Gasteiger charge is -2.32. The molecule has 0 aliphatic carbocycles. The second kappa shape index (κ2) is 11.5. The highest BCUT2D eigenvalue weighted by Crippen LogP contribution is 2.40. The largest absolute Gasteiger partial charge is 0.383 e. The summed E-state index contributed by atoms with van der Waals surface area (Å²) in [5.41, 5.74) is 10.3. The van der Waals surface area contributed by atoms with Gasteiger partial charge in [-0.3, -0.25) is 14.3 Å². The number of nitrogens with two attached hydrogens (primary N) is 1. The number of hydrogen-bond acceptors (Lipinski definition) is 6. The second-order valence-corrected chi connectivity index (χ2v) is 10.2. The fraction of sp³-hybridized carbons (Fsp3) is 0.194. The van der Waals surface area contributed by atoms with Crippen molar-refractivity contribution in [3.63, 3.8) is 0 Å². The van der Waals surface area contributed by atoms with Gasteiger partial charge in [-0.1, -0.05) is 36.9 Å². The maximum atomic E-state index is 13.4. The Morgan fingerprint density at radius 3 is 2.53 bits per heavy atom. The first-order valence-electron chi connectivity index (χ1n) is 13.7. The van der Waals surface area contributed by atoms with Gasteiger partial charge in [0, 0.05) is 53.4 Å². The van der Waals surface area contributed by atoms with E-state index in [1.807, 2.05) is 22.9 Å². The van der Waals surface area contributed by atoms with Crippen molar-refractivity contribution in [2.75, 3.05) is 24.1 Å². The van der Waals surface area contributed by atoms with Crippen molar-refractivity contribution in [1.29, 1.82) is 0 Å². The number of hydrogen-bond donors (Lipinski definition) is 2. The van der Waals surface area contributed by atoms with E-state index < -0.39 is 6.55 Å². The van der Waals surface area contributed by atoms with Crippen molar-refractivity contribution in [3.05, 3.63) is 91.4 Å². The number of piperidine rings is 1. The zero-order valence-corrected chi connectivity index (χ0v) is 23.0. The van der Waals surface area contributed by atoms with Crippen molar-refractivity contribution >= 4 is 34.2 Å². The van der Waals surface area contributed by atoms with Gasteiger partial charge in [-0.15, -0.1) is 0 Å². The first-order valence-corrected chi connectivity index (χ1v) is 13.7. The Morgan fingerprint density at radius 1 is 1.07 bits per heavy atom. The van der Waals surface area contributed by atoms with E-state index in [0.717, 1.165) is 12.8 Å². The van der Waals surface area contributed by atoms with E-state index in [0.29, 0.717) is 62.3 Å². The summed E-state index contributed by atoms with van der Waals surface area (Å²) < 4.78 is 29.2. The van der Waals surface area contributed by atoms with E-state index in [4.69, 9.17) is 10.8 Å². The van der Waals surface area contributed by atoms with Crippen molar-refractivity contribution in [1.82, 2.24) is 29.4 Å². The second-order valence-electron chi connectivity index (χ2n) is 10.2. The number of anilines is 2. The summed E-state index contributed by atoms with van der Waals surface area (Å²) in [6.45, 7) is 1.79. The number of benzene rings is 2. The highest BCUT2D eigenvalue weighted by Gasteiger charge is 2.29. The van der Waals surface area contributed by atoms with Crippen LogP contribution >= 0.6 is 0 Å². The van der Waals surface area contributed by atoms with Gasteiger partial charge in [-0.05, 0) is 43.2 Å². The number of carbonyl (C=O) groups is 2. The van der Waals surface area contributed by atoms with Gasteiger partial charge in [0.1, 0.15) is 11.5 Å². The molecule has 1 atom stereocenters. The van der Waals surface area contributed by atoms with Gasteiger partial charge < -0.3 is 16.0 Å². The number of halogens is 2. The van der Waals surface area contributed by atoms with Crippen LogP contribution in [0.15, 0.2) is 85.8 Å². The van der Waals surface area contributed by atoms with Crippen LogP contribution in [0, 0.1) is 0 Å². The van der Waals surface area contributed by atoms with Crippen LogP contribution in [-0.2, 0) is 4.79 Å². The van der Waals surface area contributed by atoms with Crippen LogP contribution in [0.3, 0.4) is 0 Å².